The van der Waals surface area contributed by atoms with Crippen molar-refractivity contribution in [3.05, 3.63) is 0 Å². The van der Waals surface area contributed by atoms with Gasteiger partial charge >= 0.3 is 0 Å². The minimum atomic E-state index is 0.610. The number of rotatable bonds is 4. The van der Waals surface area contributed by atoms with Gasteiger partial charge in [0.2, 0.25) is 0 Å². The van der Waals surface area contributed by atoms with E-state index >= 15 is 0 Å². The third kappa shape index (κ3) is 2.73. The van der Waals surface area contributed by atoms with Crippen LogP contribution in [-0.4, -0.2) is 39.9 Å². The molecule has 1 heterocycles. The fourth-order valence-corrected chi connectivity index (χ4v) is 1.84. The van der Waals surface area contributed by atoms with Crippen molar-refractivity contribution in [2.75, 3.05) is 33.9 Å². The van der Waals surface area contributed by atoms with Gasteiger partial charge in [-0.3, -0.25) is 0 Å². The first-order valence-corrected chi connectivity index (χ1v) is 4.78. The van der Waals surface area contributed by atoms with E-state index in [1.54, 1.807) is 0 Å². The molecule has 0 aromatic rings. The van der Waals surface area contributed by atoms with E-state index < -0.39 is 0 Å². The second kappa shape index (κ2) is 5.51. The normalized spacial score (nSPS) is 22.5. The molecule has 3 heteroatoms. The van der Waals surface area contributed by atoms with Crippen LogP contribution in [0.5, 0.6) is 0 Å². The Bertz CT molecular complexity index is 110. The van der Waals surface area contributed by atoms with E-state index in [1.165, 1.54) is 12.8 Å². The second-order valence-electron chi connectivity index (χ2n) is 3.40. The van der Waals surface area contributed by atoms with Crippen molar-refractivity contribution in [1.82, 2.24) is 10.6 Å². The van der Waals surface area contributed by atoms with Crippen molar-refractivity contribution >= 4 is 0 Å². The van der Waals surface area contributed by atoms with Crippen molar-refractivity contribution in [2.45, 2.75) is 18.9 Å². The zero-order chi connectivity index (χ0) is 8.81. The number of ether oxygens (including phenoxy) is 1. The van der Waals surface area contributed by atoms with Crippen LogP contribution in [0.1, 0.15) is 12.8 Å². The molecule has 0 amide bonds. The largest absolute Gasteiger partial charge is 0.381 e. The van der Waals surface area contributed by atoms with E-state index in [0.717, 1.165) is 25.7 Å². The average Bonchev–Trinajstić information content (AvgIpc) is 2.15. The van der Waals surface area contributed by atoms with Gasteiger partial charge in [0.25, 0.3) is 0 Å². The lowest BCUT2D eigenvalue weighted by Crippen LogP contribution is -2.43. The molecule has 12 heavy (non-hydrogen) atoms. The predicted molar refractivity (Wildman–Crippen MR) is 50.3 cm³/mol. The van der Waals surface area contributed by atoms with Crippen LogP contribution in [0.4, 0.5) is 0 Å². The fourth-order valence-electron chi connectivity index (χ4n) is 1.84. The molecular weight excluding hydrogens is 152 g/mol. The Kier molecular flexibility index (Phi) is 4.58. The minimum Gasteiger partial charge on any atom is -0.381 e. The molecule has 0 aromatic carbocycles. The van der Waals surface area contributed by atoms with Crippen LogP contribution < -0.4 is 10.6 Å². The van der Waals surface area contributed by atoms with E-state index in [-0.39, 0.29) is 0 Å². The highest BCUT2D eigenvalue weighted by atomic mass is 16.5. The highest BCUT2D eigenvalue weighted by Crippen LogP contribution is 2.17. The summed E-state index contributed by atoms with van der Waals surface area (Å²) in [5.41, 5.74) is 0. The molecular formula is C9H20N2O. The van der Waals surface area contributed by atoms with Crippen LogP contribution in [0.15, 0.2) is 0 Å². The lowest BCUT2D eigenvalue weighted by molar-refractivity contribution is 0.0549. The molecule has 1 unspecified atom stereocenters. The van der Waals surface area contributed by atoms with Crippen LogP contribution in [0.3, 0.4) is 0 Å². The summed E-state index contributed by atoms with van der Waals surface area (Å²) in [7, 11) is 4.04. The Morgan fingerprint density at radius 2 is 2.00 bits per heavy atom. The summed E-state index contributed by atoms with van der Waals surface area (Å²) < 4.78 is 5.32. The van der Waals surface area contributed by atoms with Crippen molar-refractivity contribution < 1.29 is 4.74 Å². The zero-order valence-electron chi connectivity index (χ0n) is 8.10. The molecule has 0 radical (unpaired) electrons. The third-order valence-electron chi connectivity index (χ3n) is 2.63. The van der Waals surface area contributed by atoms with Crippen LogP contribution in [0, 0.1) is 5.92 Å². The van der Waals surface area contributed by atoms with Crippen LogP contribution in [0.2, 0.25) is 0 Å². The summed E-state index contributed by atoms with van der Waals surface area (Å²) in [6.45, 7) is 2.93. The topological polar surface area (TPSA) is 33.3 Å². The monoisotopic (exact) mass is 172 g/mol. The Morgan fingerprint density at radius 3 is 2.50 bits per heavy atom. The molecule has 1 fully saturated rings. The first-order valence-electron chi connectivity index (χ1n) is 4.78. The van der Waals surface area contributed by atoms with Gasteiger partial charge < -0.3 is 15.4 Å². The van der Waals surface area contributed by atoms with Crippen molar-refractivity contribution in [1.29, 1.82) is 0 Å². The Balaban J connectivity index is 2.29. The van der Waals surface area contributed by atoms with E-state index in [9.17, 15) is 0 Å². The molecule has 1 rings (SSSR count). The molecule has 72 valence electrons. The van der Waals surface area contributed by atoms with Gasteiger partial charge in [0.1, 0.15) is 0 Å². The van der Waals surface area contributed by atoms with Gasteiger partial charge in [0.05, 0.1) is 0 Å². The lowest BCUT2D eigenvalue weighted by Gasteiger charge is -2.29. The van der Waals surface area contributed by atoms with E-state index in [0.29, 0.717) is 6.04 Å². The number of likely N-dealkylation sites (N-methyl/N-ethyl adjacent to an activating group) is 2. The number of hydrogen-bond donors (Lipinski definition) is 2. The van der Waals surface area contributed by atoms with E-state index in [1.807, 2.05) is 14.1 Å². The zero-order valence-corrected chi connectivity index (χ0v) is 8.10. The van der Waals surface area contributed by atoms with Gasteiger partial charge in [-0.2, -0.15) is 0 Å². The predicted octanol–water partition coefficient (Wildman–Crippen LogP) is 0.220. The van der Waals surface area contributed by atoms with Gasteiger partial charge in [0, 0.05) is 25.8 Å². The molecule has 1 aliphatic heterocycles. The van der Waals surface area contributed by atoms with Gasteiger partial charge in [-0.25, -0.2) is 0 Å². The molecule has 2 N–H and O–H groups in total. The summed E-state index contributed by atoms with van der Waals surface area (Å²) in [6.07, 6.45) is 2.40. The van der Waals surface area contributed by atoms with Crippen molar-refractivity contribution in [2.24, 2.45) is 5.92 Å². The average molecular weight is 172 g/mol. The fraction of sp³-hybridized carbons (Fsp3) is 1.00. The first-order chi connectivity index (χ1) is 5.88. The first kappa shape index (κ1) is 9.96. The SMILES string of the molecule is CNCC(NC)C1CCOCC1. The van der Waals surface area contributed by atoms with Gasteiger partial charge in [0.15, 0.2) is 0 Å². The molecule has 0 aliphatic carbocycles. The van der Waals surface area contributed by atoms with E-state index in [2.05, 4.69) is 10.6 Å². The Morgan fingerprint density at radius 1 is 1.33 bits per heavy atom. The standard InChI is InChI=1S/C9H20N2O/c1-10-7-9(11-2)8-3-5-12-6-4-8/h8-11H,3-7H2,1-2H3. The summed E-state index contributed by atoms with van der Waals surface area (Å²) in [5.74, 6) is 0.788. The van der Waals surface area contributed by atoms with Gasteiger partial charge in [-0.1, -0.05) is 0 Å². The maximum absolute atomic E-state index is 5.32. The summed E-state index contributed by atoms with van der Waals surface area (Å²) >= 11 is 0. The number of hydrogen-bond acceptors (Lipinski definition) is 3. The highest BCUT2D eigenvalue weighted by Gasteiger charge is 2.21. The summed E-state index contributed by atoms with van der Waals surface area (Å²) in [6, 6.07) is 0.610. The molecule has 3 nitrogen and oxygen atoms in total. The van der Waals surface area contributed by atoms with E-state index in [4.69, 9.17) is 4.74 Å². The maximum atomic E-state index is 5.32. The molecule has 1 saturated heterocycles. The van der Waals surface area contributed by atoms with Crippen LogP contribution >= 0.6 is 0 Å². The Hall–Kier alpha value is -0.120. The highest BCUT2D eigenvalue weighted by molar-refractivity contribution is 4.78. The molecule has 0 aromatic heterocycles. The smallest absolute Gasteiger partial charge is 0.0469 e. The number of nitrogens with one attached hydrogen (secondary N) is 2. The minimum absolute atomic E-state index is 0.610. The molecule has 0 spiro atoms. The molecule has 1 aliphatic rings. The van der Waals surface area contributed by atoms with Crippen LogP contribution in [0.25, 0.3) is 0 Å². The quantitative estimate of drug-likeness (QED) is 0.636. The third-order valence-corrected chi connectivity index (χ3v) is 2.63. The molecule has 1 atom stereocenters. The lowest BCUT2D eigenvalue weighted by atomic mass is 9.92. The summed E-state index contributed by atoms with van der Waals surface area (Å²) in [5, 5.41) is 6.57. The maximum Gasteiger partial charge on any atom is 0.0469 e. The second-order valence-corrected chi connectivity index (χ2v) is 3.40. The molecule has 0 saturated carbocycles. The van der Waals surface area contributed by atoms with Crippen LogP contribution in [-0.2, 0) is 4.74 Å². The Labute approximate surface area is 74.9 Å². The van der Waals surface area contributed by atoms with Crippen molar-refractivity contribution in [3.8, 4) is 0 Å². The summed E-state index contributed by atoms with van der Waals surface area (Å²) in [4.78, 5) is 0. The van der Waals surface area contributed by atoms with Gasteiger partial charge in [-0.05, 0) is 32.9 Å². The van der Waals surface area contributed by atoms with Crippen molar-refractivity contribution in [3.63, 3.8) is 0 Å². The molecule has 0 bridgehead atoms. The van der Waals surface area contributed by atoms with Gasteiger partial charge in [-0.15, -0.1) is 0 Å².